The fourth-order valence-electron chi connectivity index (χ4n) is 3.31. The number of nitrogens with zero attached hydrogens (tertiary/aromatic N) is 4. The van der Waals surface area contributed by atoms with Gasteiger partial charge in [0.25, 0.3) is 0 Å². The van der Waals surface area contributed by atoms with Gasteiger partial charge in [0.15, 0.2) is 0 Å². The second kappa shape index (κ2) is 7.51. The molecule has 0 aliphatic heterocycles. The maximum absolute atomic E-state index is 12.2. The van der Waals surface area contributed by atoms with Crippen LogP contribution in [0.5, 0.6) is 0 Å². The first-order valence-electron chi connectivity index (χ1n) is 8.53. The van der Waals surface area contributed by atoms with Crippen LogP contribution in [0.2, 0.25) is 0 Å². The lowest BCUT2D eigenvalue weighted by atomic mass is 9.78. The van der Waals surface area contributed by atoms with Crippen molar-refractivity contribution < 1.29 is 9.32 Å². The third-order valence-corrected chi connectivity index (χ3v) is 4.67. The number of rotatable bonds is 5. The molecule has 2 unspecified atom stereocenters. The summed E-state index contributed by atoms with van der Waals surface area (Å²) in [6.07, 6.45) is 7.62. The molecule has 2 heterocycles. The van der Waals surface area contributed by atoms with E-state index in [1.807, 2.05) is 0 Å². The van der Waals surface area contributed by atoms with Crippen molar-refractivity contribution in [3.8, 4) is 11.6 Å². The second-order valence-corrected chi connectivity index (χ2v) is 6.56. The molecule has 1 amide bonds. The van der Waals surface area contributed by atoms with Crippen LogP contribution >= 0.6 is 0 Å². The summed E-state index contributed by atoms with van der Waals surface area (Å²) in [5.41, 5.74) is 0. The van der Waals surface area contributed by atoms with Crippen molar-refractivity contribution >= 4 is 5.91 Å². The van der Waals surface area contributed by atoms with Gasteiger partial charge in [0, 0.05) is 31.3 Å². The Morgan fingerprint density at radius 3 is 2.62 bits per heavy atom. The van der Waals surface area contributed by atoms with E-state index >= 15 is 0 Å². The second-order valence-electron chi connectivity index (χ2n) is 6.56. The molecule has 3 rings (SSSR count). The number of carbonyl (C=O) groups is 1. The molecule has 0 aromatic carbocycles. The van der Waals surface area contributed by atoms with E-state index in [4.69, 9.17) is 4.52 Å². The third kappa shape index (κ3) is 3.96. The molecule has 2 aromatic rings. The summed E-state index contributed by atoms with van der Waals surface area (Å²) >= 11 is 0. The third-order valence-electron chi connectivity index (χ3n) is 4.67. The van der Waals surface area contributed by atoms with E-state index < -0.39 is 0 Å². The predicted molar refractivity (Wildman–Crippen MR) is 87.8 cm³/mol. The molecule has 1 aliphatic rings. The molecule has 1 aliphatic carbocycles. The summed E-state index contributed by atoms with van der Waals surface area (Å²) in [5.74, 6) is 2.29. The summed E-state index contributed by atoms with van der Waals surface area (Å²) in [7, 11) is 0. The van der Waals surface area contributed by atoms with Crippen molar-refractivity contribution in [2.45, 2.75) is 52.0 Å². The smallest absolute Gasteiger partial charge is 0.240 e. The number of hydrogen-bond donors (Lipinski definition) is 1. The minimum absolute atomic E-state index is 0.0383. The van der Waals surface area contributed by atoms with Crippen LogP contribution in [-0.2, 0) is 11.2 Å². The predicted octanol–water partition coefficient (Wildman–Crippen LogP) is 2.40. The van der Waals surface area contributed by atoms with Crippen molar-refractivity contribution in [1.29, 1.82) is 0 Å². The maximum atomic E-state index is 12.2. The van der Waals surface area contributed by atoms with E-state index in [-0.39, 0.29) is 11.9 Å². The summed E-state index contributed by atoms with van der Waals surface area (Å²) < 4.78 is 5.18. The van der Waals surface area contributed by atoms with Gasteiger partial charge in [-0.1, -0.05) is 25.4 Å². The normalized spacial score (nSPS) is 23.8. The van der Waals surface area contributed by atoms with Gasteiger partial charge in [0.05, 0.1) is 0 Å². The molecule has 0 radical (unpaired) electrons. The first kappa shape index (κ1) is 16.5. The maximum Gasteiger partial charge on any atom is 0.240 e. The zero-order valence-electron chi connectivity index (χ0n) is 14.1. The SMILES string of the molecule is CC1CCCC(C)C1NC(=O)CCc1nc(-c2ncccn2)no1. The highest BCUT2D eigenvalue weighted by molar-refractivity contribution is 5.76. The molecule has 128 valence electrons. The van der Waals surface area contributed by atoms with Gasteiger partial charge in [-0.25, -0.2) is 9.97 Å². The molecular formula is C17H23N5O2. The number of nitrogens with one attached hydrogen (secondary N) is 1. The van der Waals surface area contributed by atoms with Crippen LogP contribution in [0, 0.1) is 11.8 Å². The zero-order chi connectivity index (χ0) is 16.9. The quantitative estimate of drug-likeness (QED) is 0.905. The standard InChI is InChI=1S/C17H23N5O2/c1-11-5-3-6-12(2)15(11)20-13(23)7-8-14-21-17(22-24-14)16-18-9-4-10-19-16/h4,9-12,15H,3,5-8H2,1-2H3,(H,20,23). The molecule has 0 spiro atoms. The lowest BCUT2D eigenvalue weighted by Crippen LogP contribution is -2.45. The molecule has 2 atom stereocenters. The molecule has 1 saturated carbocycles. The highest BCUT2D eigenvalue weighted by Gasteiger charge is 2.28. The van der Waals surface area contributed by atoms with Gasteiger partial charge in [-0.2, -0.15) is 4.98 Å². The van der Waals surface area contributed by atoms with Crippen LogP contribution in [0.15, 0.2) is 23.0 Å². The van der Waals surface area contributed by atoms with Crippen molar-refractivity contribution in [2.75, 3.05) is 0 Å². The van der Waals surface area contributed by atoms with Gasteiger partial charge < -0.3 is 9.84 Å². The minimum atomic E-state index is 0.0383. The fourth-order valence-corrected chi connectivity index (χ4v) is 3.31. The Labute approximate surface area is 141 Å². The molecule has 0 saturated heterocycles. The number of hydrogen-bond acceptors (Lipinski definition) is 6. The molecule has 1 fully saturated rings. The monoisotopic (exact) mass is 329 g/mol. The summed E-state index contributed by atoms with van der Waals surface area (Å²) in [6, 6.07) is 1.99. The topological polar surface area (TPSA) is 93.8 Å². The zero-order valence-corrected chi connectivity index (χ0v) is 14.1. The minimum Gasteiger partial charge on any atom is -0.353 e. The number of aryl methyl sites for hydroxylation is 1. The summed E-state index contributed by atoms with van der Waals surface area (Å²) in [5, 5.41) is 7.04. The Morgan fingerprint density at radius 2 is 1.92 bits per heavy atom. The largest absolute Gasteiger partial charge is 0.353 e. The van der Waals surface area contributed by atoms with Crippen LogP contribution in [0.25, 0.3) is 11.6 Å². The first-order chi connectivity index (χ1) is 11.6. The molecule has 1 N–H and O–H groups in total. The van der Waals surface area contributed by atoms with E-state index in [1.54, 1.807) is 18.5 Å². The molecule has 24 heavy (non-hydrogen) atoms. The van der Waals surface area contributed by atoms with Crippen LogP contribution in [0.3, 0.4) is 0 Å². The van der Waals surface area contributed by atoms with Gasteiger partial charge in [-0.05, 0) is 30.7 Å². The van der Waals surface area contributed by atoms with Gasteiger partial charge in [-0.3, -0.25) is 4.79 Å². The van der Waals surface area contributed by atoms with Crippen molar-refractivity contribution in [3.05, 3.63) is 24.4 Å². The van der Waals surface area contributed by atoms with Gasteiger partial charge >= 0.3 is 0 Å². The van der Waals surface area contributed by atoms with Gasteiger partial charge in [-0.15, -0.1) is 0 Å². The lowest BCUT2D eigenvalue weighted by molar-refractivity contribution is -0.122. The summed E-state index contributed by atoms with van der Waals surface area (Å²) in [4.78, 5) is 24.6. The van der Waals surface area contributed by atoms with E-state index in [9.17, 15) is 4.79 Å². The Balaban J connectivity index is 1.52. The Kier molecular flexibility index (Phi) is 5.17. The van der Waals surface area contributed by atoms with E-state index in [1.165, 1.54) is 19.3 Å². The van der Waals surface area contributed by atoms with Crippen molar-refractivity contribution in [1.82, 2.24) is 25.4 Å². The average molecular weight is 329 g/mol. The summed E-state index contributed by atoms with van der Waals surface area (Å²) in [6.45, 7) is 4.43. The fraction of sp³-hybridized carbons (Fsp3) is 0.588. The highest BCUT2D eigenvalue weighted by Crippen LogP contribution is 2.28. The van der Waals surface area contributed by atoms with E-state index in [0.29, 0.717) is 42.2 Å². The lowest BCUT2D eigenvalue weighted by Gasteiger charge is -2.35. The Hall–Kier alpha value is -2.31. The molecule has 7 nitrogen and oxygen atoms in total. The molecule has 7 heteroatoms. The van der Waals surface area contributed by atoms with Crippen LogP contribution in [0.1, 0.15) is 45.4 Å². The Morgan fingerprint density at radius 1 is 1.21 bits per heavy atom. The van der Waals surface area contributed by atoms with E-state index in [0.717, 1.165) is 0 Å². The van der Waals surface area contributed by atoms with Gasteiger partial charge in [0.1, 0.15) is 0 Å². The van der Waals surface area contributed by atoms with Crippen molar-refractivity contribution in [2.24, 2.45) is 11.8 Å². The molecular weight excluding hydrogens is 306 g/mol. The van der Waals surface area contributed by atoms with E-state index in [2.05, 4.69) is 39.3 Å². The number of aromatic nitrogens is 4. The van der Waals surface area contributed by atoms with Gasteiger partial charge in [0.2, 0.25) is 23.4 Å². The number of carbonyl (C=O) groups excluding carboxylic acids is 1. The van der Waals surface area contributed by atoms with Crippen LogP contribution < -0.4 is 5.32 Å². The highest BCUT2D eigenvalue weighted by atomic mass is 16.5. The van der Waals surface area contributed by atoms with Crippen LogP contribution in [-0.4, -0.2) is 32.1 Å². The molecule has 0 bridgehead atoms. The van der Waals surface area contributed by atoms with Crippen molar-refractivity contribution in [3.63, 3.8) is 0 Å². The molecule has 2 aromatic heterocycles. The average Bonchev–Trinajstić information content (AvgIpc) is 3.06. The van der Waals surface area contributed by atoms with Crippen LogP contribution in [0.4, 0.5) is 0 Å². The first-order valence-corrected chi connectivity index (χ1v) is 8.53. The number of amides is 1. The Bertz CT molecular complexity index is 663.